The van der Waals surface area contributed by atoms with Gasteiger partial charge in [0.25, 0.3) is 0 Å². The van der Waals surface area contributed by atoms with E-state index in [1.165, 1.54) is 25.3 Å². The molecule has 29 heavy (non-hydrogen) atoms. The lowest BCUT2D eigenvalue weighted by atomic mass is 10.2. The number of ether oxygens (including phenoxy) is 2. The third-order valence-electron chi connectivity index (χ3n) is 4.84. The number of halogens is 3. The zero-order valence-corrected chi connectivity index (χ0v) is 16.1. The summed E-state index contributed by atoms with van der Waals surface area (Å²) in [7, 11) is 1.41. The zero-order valence-electron chi connectivity index (χ0n) is 16.1. The Labute approximate surface area is 167 Å². The van der Waals surface area contributed by atoms with Crippen LogP contribution >= 0.6 is 0 Å². The van der Waals surface area contributed by atoms with E-state index in [0.717, 1.165) is 5.69 Å². The Hall–Kier alpha value is -2.74. The van der Waals surface area contributed by atoms with Crippen molar-refractivity contribution in [3.05, 3.63) is 60.2 Å². The number of nitrogens with zero attached hydrogens (tertiary/aromatic N) is 2. The predicted molar refractivity (Wildman–Crippen MR) is 103 cm³/mol. The highest BCUT2D eigenvalue weighted by Crippen LogP contribution is 2.26. The summed E-state index contributed by atoms with van der Waals surface area (Å²) in [6, 6.07) is 15.6. The Morgan fingerprint density at radius 3 is 2.34 bits per heavy atom. The molecule has 0 spiro atoms. The molecule has 1 saturated heterocycles. The molecule has 3 rings (SSSR count). The second-order valence-corrected chi connectivity index (χ2v) is 6.79. The van der Waals surface area contributed by atoms with Gasteiger partial charge in [0, 0.05) is 38.4 Å². The fraction of sp³-hybridized carbons (Fsp3) is 0.381. The number of anilines is 1. The van der Waals surface area contributed by atoms with Gasteiger partial charge in [-0.3, -0.25) is 4.90 Å². The summed E-state index contributed by atoms with van der Waals surface area (Å²) in [6.45, 7) is 1.75. The van der Waals surface area contributed by atoms with Gasteiger partial charge in [0.2, 0.25) is 6.10 Å². The summed E-state index contributed by atoms with van der Waals surface area (Å²) in [6.07, 6.45) is -6.84. The third-order valence-corrected chi connectivity index (χ3v) is 4.84. The fourth-order valence-electron chi connectivity index (χ4n) is 3.22. The van der Waals surface area contributed by atoms with Crippen molar-refractivity contribution in [1.29, 1.82) is 0 Å². The first-order valence-corrected chi connectivity index (χ1v) is 9.31. The number of benzene rings is 2. The molecule has 5 nitrogen and oxygen atoms in total. The molecule has 0 N–H and O–H groups in total. The van der Waals surface area contributed by atoms with E-state index >= 15 is 0 Å². The molecule has 1 fully saturated rings. The number of carbonyl (C=O) groups excluding carboxylic acids is 1. The second kappa shape index (κ2) is 9.17. The molecule has 0 radical (unpaired) electrons. The van der Waals surface area contributed by atoms with Crippen LogP contribution < -0.4 is 9.64 Å². The van der Waals surface area contributed by atoms with Crippen molar-refractivity contribution in [3.8, 4) is 5.75 Å². The highest BCUT2D eigenvalue weighted by Gasteiger charge is 2.44. The molecule has 156 valence electrons. The second-order valence-electron chi connectivity index (χ2n) is 6.79. The predicted octanol–water partition coefficient (Wildman–Crippen LogP) is 3.61. The van der Waals surface area contributed by atoms with Crippen LogP contribution in [-0.4, -0.2) is 63.0 Å². The normalized spacial score (nSPS) is 16.3. The first kappa shape index (κ1) is 21.0. The summed E-state index contributed by atoms with van der Waals surface area (Å²) < 4.78 is 50.3. The highest BCUT2D eigenvalue weighted by atomic mass is 19.4. The minimum atomic E-state index is -4.65. The maximum Gasteiger partial charge on any atom is 0.426 e. The lowest BCUT2D eigenvalue weighted by molar-refractivity contribution is -0.208. The number of hydrogen-bond acceptors (Lipinski definition) is 5. The topological polar surface area (TPSA) is 42.0 Å². The number of alkyl halides is 3. The molecule has 1 atom stereocenters. The van der Waals surface area contributed by atoms with Crippen LogP contribution in [0, 0.1) is 0 Å². The van der Waals surface area contributed by atoms with Crippen LogP contribution in [0.1, 0.15) is 10.4 Å². The van der Waals surface area contributed by atoms with E-state index < -0.39 is 18.2 Å². The summed E-state index contributed by atoms with van der Waals surface area (Å²) in [5.41, 5.74) is 1.07. The van der Waals surface area contributed by atoms with E-state index in [2.05, 4.69) is 4.90 Å². The van der Waals surface area contributed by atoms with E-state index in [0.29, 0.717) is 31.9 Å². The quantitative estimate of drug-likeness (QED) is 0.684. The Bertz CT molecular complexity index is 806. The maximum atomic E-state index is 13.5. The Balaban J connectivity index is 1.60. The van der Waals surface area contributed by atoms with Crippen LogP contribution in [0.15, 0.2) is 54.6 Å². The Morgan fingerprint density at radius 1 is 1.03 bits per heavy atom. The van der Waals surface area contributed by atoms with Crippen LogP contribution in [-0.2, 0) is 4.74 Å². The van der Waals surface area contributed by atoms with Crippen LogP contribution in [0.25, 0.3) is 0 Å². The highest BCUT2D eigenvalue weighted by molar-refractivity contribution is 5.90. The average Bonchev–Trinajstić information content (AvgIpc) is 2.73. The number of carbonyl (C=O) groups is 1. The Morgan fingerprint density at radius 2 is 1.72 bits per heavy atom. The third kappa shape index (κ3) is 5.63. The van der Waals surface area contributed by atoms with Crippen molar-refractivity contribution in [2.45, 2.75) is 12.3 Å². The van der Waals surface area contributed by atoms with E-state index in [1.54, 1.807) is 11.0 Å². The molecular formula is C21H23F3N2O3. The van der Waals surface area contributed by atoms with Crippen molar-refractivity contribution in [1.82, 2.24) is 4.90 Å². The van der Waals surface area contributed by atoms with Gasteiger partial charge in [-0.25, -0.2) is 4.79 Å². The van der Waals surface area contributed by atoms with Gasteiger partial charge in [-0.1, -0.05) is 24.3 Å². The van der Waals surface area contributed by atoms with E-state index in [-0.39, 0.29) is 12.1 Å². The molecule has 0 saturated carbocycles. The van der Waals surface area contributed by atoms with Crippen molar-refractivity contribution in [2.75, 3.05) is 44.7 Å². The van der Waals surface area contributed by atoms with Gasteiger partial charge < -0.3 is 14.4 Å². The van der Waals surface area contributed by atoms with E-state index in [4.69, 9.17) is 9.47 Å². The average molecular weight is 408 g/mol. The number of para-hydroxylation sites is 1. The molecule has 2 aromatic carbocycles. The number of esters is 1. The minimum Gasteiger partial charge on any atom is -0.497 e. The zero-order chi connectivity index (χ0) is 20.9. The van der Waals surface area contributed by atoms with Crippen LogP contribution in [0.5, 0.6) is 5.75 Å². The van der Waals surface area contributed by atoms with Gasteiger partial charge in [-0.05, 0) is 30.3 Å². The van der Waals surface area contributed by atoms with Gasteiger partial charge in [0.05, 0.1) is 12.7 Å². The monoisotopic (exact) mass is 408 g/mol. The molecule has 0 aliphatic carbocycles. The van der Waals surface area contributed by atoms with Crippen molar-refractivity contribution in [2.24, 2.45) is 0 Å². The Kier molecular flexibility index (Phi) is 6.64. The summed E-state index contributed by atoms with van der Waals surface area (Å²) in [5.74, 6) is -0.644. The smallest absolute Gasteiger partial charge is 0.426 e. The SMILES string of the molecule is COc1cccc(C(=O)O[C@@H](CN2CCN(c3ccccc3)CC2)C(F)(F)F)c1. The molecule has 0 bridgehead atoms. The number of piperazine rings is 1. The van der Waals surface area contributed by atoms with Gasteiger partial charge in [-0.2, -0.15) is 13.2 Å². The summed E-state index contributed by atoms with van der Waals surface area (Å²) >= 11 is 0. The lowest BCUT2D eigenvalue weighted by Gasteiger charge is -2.37. The van der Waals surface area contributed by atoms with Crippen LogP contribution in [0.4, 0.5) is 18.9 Å². The largest absolute Gasteiger partial charge is 0.497 e. The van der Waals surface area contributed by atoms with Crippen LogP contribution in [0.2, 0.25) is 0 Å². The van der Waals surface area contributed by atoms with Crippen molar-refractivity contribution in [3.63, 3.8) is 0 Å². The minimum absolute atomic E-state index is 0.0208. The number of rotatable bonds is 6. The molecule has 2 aromatic rings. The lowest BCUT2D eigenvalue weighted by Crippen LogP contribution is -2.51. The molecule has 1 aliphatic rings. The fourth-order valence-corrected chi connectivity index (χ4v) is 3.22. The summed E-state index contributed by atoms with van der Waals surface area (Å²) in [4.78, 5) is 16.0. The van der Waals surface area contributed by atoms with Crippen molar-refractivity contribution >= 4 is 11.7 Å². The molecule has 1 heterocycles. The summed E-state index contributed by atoms with van der Waals surface area (Å²) in [5, 5.41) is 0. The van der Waals surface area contributed by atoms with Gasteiger partial charge in [0.1, 0.15) is 5.75 Å². The maximum absolute atomic E-state index is 13.5. The van der Waals surface area contributed by atoms with Crippen molar-refractivity contribution < 1.29 is 27.4 Å². The first-order valence-electron chi connectivity index (χ1n) is 9.31. The van der Waals surface area contributed by atoms with Crippen LogP contribution in [0.3, 0.4) is 0 Å². The van der Waals surface area contributed by atoms with E-state index in [9.17, 15) is 18.0 Å². The molecule has 8 heteroatoms. The molecular weight excluding hydrogens is 385 g/mol. The standard InChI is InChI=1S/C21H23F3N2O3/c1-28-18-9-5-6-16(14-18)20(27)29-19(21(22,23)24)15-25-10-12-26(13-11-25)17-7-3-2-4-8-17/h2-9,14,19H,10-13,15H2,1H3/t19-/m0/s1. The van der Waals surface area contributed by atoms with Gasteiger partial charge in [0.15, 0.2) is 0 Å². The van der Waals surface area contributed by atoms with E-state index in [1.807, 2.05) is 30.3 Å². The van der Waals surface area contributed by atoms with Gasteiger partial charge >= 0.3 is 12.1 Å². The molecule has 0 unspecified atom stereocenters. The molecule has 0 amide bonds. The number of methoxy groups -OCH3 is 1. The number of hydrogen-bond donors (Lipinski definition) is 0. The molecule has 0 aromatic heterocycles. The van der Waals surface area contributed by atoms with Gasteiger partial charge in [-0.15, -0.1) is 0 Å². The molecule has 1 aliphatic heterocycles. The first-order chi connectivity index (χ1) is 13.9.